The summed E-state index contributed by atoms with van der Waals surface area (Å²) in [4.78, 5) is 0. The zero-order chi connectivity index (χ0) is 9.84. The van der Waals surface area contributed by atoms with E-state index in [1.807, 2.05) is 25.1 Å². The van der Waals surface area contributed by atoms with Gasteiger partial charge >= 0.3 is 0 Å². The molecule has 0 saturated carbocycles. The molecule has 1 aromatic rings. The number of benzene rings is 1. The smallest absolute Gasteiger partial charge is 0.0458 e. The lowest BCUT2D eigenvalue weighted by Gasteiger charge is -2.05. The molecule has 0 spiro atoms. The topological polar surface area (TPSA) is 32.3 Å². The Hall–Kier alpha value is -0.640. The molecule has 0 aliphatic heterocycles. The summed E-state index contributed by atoms with van der Waals surface area (Å²) in [6.45, 7) is 6.26. The van der Waals surface area contributed by atoms with Gasteiger partial charge in [-0.15, -0.1) is 0 Å². The van der Waals surface area contributed by atoms with Gasteiger partial charge in [0, 0.05) is 11.0 Å². The fourth-order valence-electron chi connectivity index (χ4n) is 1.09. The maximum atomic E-state index is 8.55. The SMILES string of the molecule is C=C(C)c1cc(Br)cc(CNO)c1. The Balaban J connectivity index is 3.03. The van der Waals surface area contributed by atoms with Crippen LogP contribution in [0.4, 0.5) is 0 Å². The van der Waals surface area contributed by atoms with E-state index >= 15 is 0 Å². The van der Waals surface area contributed by atoms with E-state index in [9.17, 15) is 0 Å². The van der Waals surface area contributed by atoms with Crippen LogP contribution in [0.3, 0.4) is 0 Å². The lowest BCUT2D eigenvalue weighted by atomic mass is 10.1. The molecular formula is C10H12BrNO. The average Bonchev–Trinajstić information content (AvgIpc) is 2.03. The van der Waals surface area contributed by atoms with Crippen LogP contribution in [0.15, 0.2) is 29.3 Å². The van der Waals surface area contributed by atoms with Crippen molar-refractivity contribution in [2.24, 2.45) is 0 Å². The third-order valence-corrected chi connectivity index (χ3v) is 2.19. The molecule has 1 rings (SSSR count). The van der Waals surface area contributed by atoms with E-state index in [1.165, 1.54) is 0 Å². The molecule has 0 aliphatic rings. The number of nitrogens with one attached hydrogen (secondary N) is 1. The van der Waals surface area contributed by atoms with Gasteiger partial charge in [0.25, 0.3) is 0 Å². The third kappa shape index (κ3) is 2.95. The van der Waals surface area contributed by atoms with Gasteiger partial charge in [0.05, 0.1) is 0 Å². The largest absolute Gasteiger partial charge is 0.316 e. The molecule has 0 radical (unpaired) electrons. The van der Waals surface area contributed by atoms with Gasteiger partial charge in [0.1, 0.15) is 0 Å². The Morgan fingerprint density at radius 1 is 1.54 bits per heavy atom. The highest BCUT2D eigenvalue weighted by Crippen LogP contribution is 2.20. The lowest BCUT2D eigenvalue weighted by Crippen LogP contribution is -2.06. The Morgan fingerprint density at radius 3 is 2.77 bits per heavy atom. The first-order chi connectivity index (χ1) is 6.13. The highest BCUT2D eigenvalue weighted by atomic mass is 79.9. The van der Waals surface area contributed by atoms with Gasteiger partial charge in [-0.2, -0.15) is 0 Å². The molecule has 70 valence electrons. The number of hydroxylamine groups is 1. The third-order valence-electron chi connectivity index (χ3n) is 1.73. The molecule has 0 fully saturated rings. The minimum absolute atomic E-state index is 0.444. The zero-order valence-corrected chi connectivity index (χ0v) is 9.06. The van der Waals surface area contributed by atoms with E-state index in [4.69, 9.17) is 5.21 Å². The van der Waals surface area contributed by atoms with Crippen molar-refractivity contribution in [2.75, 3.05) is 0 Å². The maximum Gasteiger partial charge on any atom is 0.0458 e. The molecule has 0 amide bonds. The molecule has 2 N–H and O–H groups in total. The molecule has 2 nitrogen and oxygen atoms in total. The molecule has 0 aliphatic carbocycles. The Kier molecular flexibility index (Phi) is 3.66. The van der Waals surface area contributed by atoms with Gasteiger partial charge < -0.3 is 5.21 Å². The van der Waals surface area contributed by atoms with Crippen LogP contribution in [0.5, 0.6) is 0 Å². The van der Waals surface area contributed by atoms with Crippen molar-refractivity contribution in [2.45, 2.75) is 13.5 Å². The average molecular weight is 242 g/mol. The maximum absolute atomic E-state index is 8.55. The molecule has 0 atom stereocenters. The number of halogens is 1. The predicted molar refractivity (Wildman–Crippen MR) is 57.5 cm³/mol. The second-order valence-corrected chi connectivity index (χ2v) is 3.88. The number of hydrogen-bond acceptors (Lipinski definition) is 2. The minimum atomic E-state index is 0.444. The van der Waals surface area contributed by atoms with Crippen molar-refractivity contribution in [3.05, 3.63) is 40.4 Å². The van der Waals surface area contributed by atoms with Crippen molar-refractivity contribution < 1.29 is 5.21 Å². The van der Waals surface area contributed by atoms with Crippen molar-refractivity contribution in [3.63, 3.8) is 0 Å². The van der Waals surface area contributed by atoms with Crippen molar-refractivity contribution in [1.82, 2.24) is 5.48 Å². The summed E-state index contributed by atoms with van der Waals surface area (Å²) in [5.41, 5.74) is 5.25. The van der Waals surface area contributed by atoms with Gasteiger partial charge in [-0.1, -0.05) is 34.1 Å². The minimum Gasteiger partial charge on any atom is -0.316 e. The van der Waals surface area contributed by atoms with Gasteiger partial charge in [0.2, 0.25) is 0 Å². The quantitative estimate of drug-likeness (QED) is 0.798. The molecule has 0 saturated heterocycles. The van der Waals surface area contributed by atoms with Crippen LogP contribution in [0.1, 0.15) is 18.1 Å². The van der Waals surface area contributed by atoms with Crippen LogP contribution in [-0.4, -0.2) is 5.21 Å². The van der Waals surface area contributed by atoms with E-state index in [2.05, 4.69) is 28.0 Å². The highest BCUT2D eigenvalue weighted by molar-refractivity contribution is 9.10. The van der Waals surface area contributed by atoms with Crippen LogP contribution in [0.25, 0.3) is 5.57 Å². The number of hydrogen-bond donors (Lipinski definition) is 2. The summed E-state index contributed by atoms with van der Waals surface area (Å²) in [6, 6.07) is 5.95. The van der Waals surface area contributed by atoms with E-state index in [-0.39, 0.29) is 0 Å². The Morgan fingerprint density at radius 2 is 2.23 bits per heavy atom. The van der Waals surface area contributed by atoms with E-state index in [1.54, 1.807) is 0 Å². The fourth-order valence-corrected chi connectivity index (χ4v) is 1.63. The first-order valence-electron chi connectivity index (χ1n) is 3.96. The summed E-state index contributed by atoms with van der Waals surface area (Å²) >= 11 is 3.40. The molecule has 3 heteroatoms. The van der Waals surface area contributed by atoms with E-state index < -0.39 is 0 Å². The first-order valence-corrected chi connectivity index (χ1v) is 4.75. The van der Waals surface area contributed by atoms with Gasteiger partial charge in [-0.25, -0.2) is 5.48 Å². The van der Waals surface area contributed by atoms with Gasteiger partial charge in [-0.05, 0) is 30.2 Å². The Labute approximate surface area is 86.4 Å². The van der Waals surface area contributed by atoms with E-state index in [0.29, 0.717) is 6.54 Å². The van der Waals surface area contributed by atoms with Crippen LogP contribution in [-0.2, 0) is 6.54 Å². The summed E-state index contributed by atoms with van der Waals surface area (Å²) in [5, 5.41) is 8.55. The summed E-state index contributed by atoms with van der Waals surface area (Å²) < 4.78 is 0.998. The normalized spacial score (nSPS) is 10.1. The summed E-state index contributed by atoms with van der Waals surface area (Å²) in [7, 11) is 0. The van der Waals surface area contributed by atoms with Crippen LogP contribution in [0, 0.1) is 0 Å². The monoisotopic (exact) mass is 241 g/mol. The molecule has 1 aromatic carbocycles. The standard InChI is InChI=1S/C10H12BrNO/c1-7(2)9-3-8(6-12-13)4-10(11)5-9/h3-5,12-13H,1,6H2,2H3. The fraction of sp³-hybridized carbons (Fsp3) is 0.200. The molecule has 0 bridgehead atoms. The molecule has 0 unspecified atom stereocenters. The van der Waals surface area contributed by atoms with Crippen molar-refractivity contribution >= 4 is 21.5 Å². The van der Waals surface area contributed by atoms with Crippen LogP contribution in [0.2, 0.25) is 0 Å². The Bertz CT molecular complexity index is 323. The van der Waals surface area contributed by atoms with Gasteiger partial charge in [-0.3, -0.25) is 0 Å². The summed E-state index contributed by atoms with van der Waals surface area (Å²) in [6.07, 6.45) is 0. The molecule has 0 heterocycles. The lowest BCUT2D eigenvalue weighted by molar-refractivity contribution is 0.161. The first kappa shape index (κ1) is 10.4. The zero-order valence-electron chi connectivity index (χ0n) is 7.47. The molecule has 13 heavy (non-hydrogen) atoms. The second-order valence-electron chi connectivity index (χ2n) is 2.96. The van der Waals surface area contributed by atoms with Crippen molar-refractivity contribution in [1.29, 1.82) is 0 Å². The molecule has 0 aromatic heterocycles. The highest BCUT2D eigenvalue weighted by Gasteiger charge is 1.99. The van der Waals surface area contributed by atoms with Crippen LogP contribution >= 0.6 is 15.9 Å². The molecular weight excluding hydrogens is 230 g/mol. The van der Waals surface area contributed by atoms with Crippen molar-refractivity contribution in [3.8, 4) is 0 Å². The second kappa shape index (κ2) is 4.56. The predicted octanol–water partition coefficient (Wildman–Crippen LogP) is 2.96. The summed E-state index contributed by atoms with van der Waals surface area (Å²) in [5.74, 6) is 0. The van der Waals surface area contributed by atoms with Crippen LogP contribution < -0.4 is 5.48 Å². The number of rotatable bonds is 3. The van der Waals surface area contributed by atoms with Gasteiger partial charge in [0.15, 0.2) is 0 Å². The van der Waals surface area contributed by atoms with E-state index in [0.717, 1.165) is 21.2 Å². The number of allylic oxidation sites excluding steroid dienone is 1.